The first-order valence-corrected chi connectivity index (χ1v) is 8.76. The third-order valence-corrected chi connectivity index (χ3v) is 3.63. The highest BCUT2D eigenvalue weighted by Crippen LogP contribution is 2.22. The van der Waals surface area contributed by atoms with E-state index in [1.165, 1.54) is 5.56 Å². The van der Waals surface area contributed by atoms with E-state index < -0.39 is 0 Å². The molecule has 0 atom stereocenters. The van der Waals surface area contributed by atoms with Crippen LogP contribution in [0.25, 0.3) is 0 Å². The van der Waals surface area contributed by atoms with Crippen molar-refractivity contribution >= 4 is 5.69 Å². The van der Waals surface area contributed by atoms with Crippen molar-refractivity contribution in [2.75, 3.05) is 11.9 Å². The molecule has 0 heterocycles. The third-order valence-electron chi connectivity index (χ3n) is 3.63. The van der Waals surface area contributed by atoms with E-state index >= 15 is 0 Å². The van der Waals surface area contributed by atoms with Gasteiger partial charge in [-0.25, -0.2) is 0 Å². The average Bonchev–Trinajstić information content (AvgIpc) is 2.54. The van der Waals surface area contributed by atoms with E-state index in [0.29, 0.717) is 5.92 Å². The zero-order chi connectivity index (χ0) is 17.4. The number of para-hydroxylation sites is 1. The molecule has 0 aromatic heterocycles. The van der Waals surface area contributed by atoms with Crippen LogP contribution in [0.1, 0.15) is 39.7 Å². The molecule has 0 bridgehead atoms. The van der Waals surface area contributed by atoms with Gasteiger partial charge < -0.3 is 14.8 Å². The van der Waals surface area contributed by atoms with Crippen molar-refractivity contribution in [1.82, 2.24) is 0 Å². The molecule has 1 N–H and O–H groups in total. The minimum absolute atomic E-state index is 0.193. The Labute approximate surface area is 146 Å². The van der Waals surface area contributed by atoms with Crippen LogP contribution in [0, 0.1) is 5.92 Å². The largest absolute Gasteiger partial charge is 0.493 e. The fourth-order valence-electron chi connectivity index (χ4n) is 2.32. The lowest BCUT2D eigenvalue weighted by molar-refractivity contribution is 0.242. The maximum atomic E-state index is 5.94. The summed E-state index contributed by atoms with van der Waals surface area (Å²) in [7, 11) is 0. The van der Waals surface area contributed by atoms with Gasteiger partial charge in [-0.05, 0) is 56.5 Å². The van der Waals surface area contributed by atoms with E-state index in [9.17, 15) is 0 Å². The lowest BCUT2D eigenvalue weighted by Gasteiger charge is -2.14. The number of ether oxygens (including phenoxy) is 2. The summed E-state index contributed by atoms with van der Waals surface area (Å²) in [5.74, 6) is 2.51. The van der Waals surface area contributed by atoms with Gasteiger partial charge in [-0.2, -0.15) is 0 Å². The Kier molecular flexibility index (Phi) is 6.98. The minimum atomic E-state index is 0.193. The van der Waals surface area contributed by atoms with Gasteiger partial charge in [0.05, 0.1) is 12.7 Å². The van der Waals surface area contributed by atoms with E-state index in [2.05, 4.69) is 25.2 Å². The van der Waals surface area contributed by atoms with Crippen LogP contribution >= 0.6 is 0 Å². The topological polar surface area (TPSA) is 30.5 Å². The molecule has 0 saturated carbocycles. The summed E-state index contributed by atoms with van der Waals surface area (Å²) >= 11 is 0. The first-order valence-electron chi connectivity index (χ1n) is 8.76. The number of rotatable bonds is 9. The van der Waals surface area contributed by atoms with E-state index in [1.807, 2.05) is 56.3 Å². The molecule has 0 spiro atoms. The maximum Gasteiger partial charge on any atom is 0.124 e. The molecule has 130 valence electrons. The number of benzene rings is 2. The second-order valence-corrected chi connectivity index (χ2v) is 6.68. The second kappa shape index (κ2) is 9.21. The standard InChI is InChI=1S/C21H29NO2/c1-16(2)13-14-23-21-8-6-5-7-18(21)15-22-19-9-11-20(12-10-19)24-17(3)4/h5-12,16-17,22H,13-15H2,1-4H3. The van der Waals surface area contributed by atoms with Crippen LogP contribution in [0.3, 0.4) is 0 Å². The van der Waals surface area contributed by atoms with Crippen molar-refractivity contribution in [2.24, 2.45) is 5.92 Å². The predicted molar refractivity (Wildman–Crippen MR) is 101 cm³/mol. The van der Waals surface area contributed by atoms with Gasteiger partial charge in [-0.15, -0.1) is 0 Å². The predicted octanol–water partition coefficient (Wildman–Crippen LogP) is 5.51. The fourth-order valence-corrected chi connectivity index (χ4v) is 2.32. The third kappa shape index (κ3) is 6.15. The Morgan fingerprint density at radius 1 is 0.917 bits per heavy atom. The Bertz CT molecular complexity index is 605. The molecular weight excluding hydrogens is 298 g/mol. The Hall–Kier alpha value is -2.16. The highest BCUT2D eigenvalue weighted by Gasteiger charge is 2.04. The molecule has 0 aliphatic carbocycles. The van der Waals surface area contributed by atoms with Gasteiger partial charge in [-0.3, -0.25) is 0 Å². The van der Waals surface area contributed by atoms with Gasteiger partial charge in [0, 0.05) is 17.8 Å². The van der Waals surface area contributed by atoms with Crippen LogP contribution in [0.5, 0.6) is 11.5 Å². The van der Waals surface area contributed by atoms with Crippen LogP contribution in [-0.2, 0) is 6.54 Å². The first kappa shape index (κ1) is 18.2. The van der Waals surface area contributed by atoms with E-state index in [-0.39, 0.29) is 6.10 Å². The molecule has 0 amide bonds. The lowest BCUT2D eigenvalue weighted by Crippen LogP contribution is -2.07. The second-order valence-electron chi connectivity index (χ2n) is 6.68. The molecule has 2 rings (SSSR count). The SMILES string of the molecule is CC(C)CCOc1ccccc1CNc1ccc(OC(C)C)cc1. The monoisotopic (exact) mass is 327 g/mol. The lowest BCUT2D eigenvalue weighted by atomic mass is 10.1. The van der Waals surface area contributed by atoms with Gasteiger partial charge in [0.2, 0.25) is 0 Å². The summed E-state index contributed by atoms with van der Waals surface area (Å²) < 4.78 is 11.6. The van der Waals surface area contributed by atoms with Crippen molar-refractivity contribution in [3.05, 3.63) is 54.1 Å². The smallest absolute Gasteiger partial charge is 0.124 e. The number of anilines is 1. The number of hydrogen-bond acceptors (Lipinski definition) is 3. The molecule has 0 aliphatic heterocycles. The van der Waals surface area contributed by atoms with Crippen molar-refractivity contribution in [3.63, 3.8) is 0 Å². The van der Waals surface area contributed by atoms with Crippen LogP contribution in [0.4, 0.5) is 5.69 Å². The van der Waals surface area contributed by atoms with E-state index in [0.717, 1.165) is 36.8 Å². The summed E-state index contributed by atoms with van der Waals surface area (Å²) in [6.07, 6.45) is 1.26. The Morgan fingerprint density at radius 2 is 1.62 bits per heavy atom. The molecule has 0 aliphatic rings. The number of nitrogens with one attached hydrogen (secondary N) is 1. The van der Waals surface area contributed by atoms with Crippen LogP contribution in [-0.4, -0.2) is 12.7 Å². The molecule has 0 radical (unpaired) electrons. The van der Waals surface area contributed by atoms with Gasteiger partial charge in [0.1, 0.15) is 11.5 Å². The minimum Gasteiger partial charge on any atom is -0.493 e. The maximum absolute atomic E-state index is 5.94. The van der Waals surface area contributed by atoms with Crippen molar-refractivity contribution in [3.8, 4) is 11.5 Å². The molecule has 24 heavy (non-hydrogen) atoms. The van der Waals surface area contributed by atoms with Gasteiger partial charge in [0.25, 0.3) is 0 Å². The molecule has 0 unspecified atom stereocenters. The molecule has 2 aromatic rings. The van der Waals surface area contributed by atoms with Gasteiger partial charge in [-0.1, -0.05) is 32.0 Å². The Morgan fingerprint density at radius 3 is 2.29 bits per heavy atom. The fraction of sp³-hybridized carbons (Fsp3) is 0.429. The number of hydrogen-bond donors (Lipinski definition) is 1. The highest BCUT2D eigenvalue weighted by atomic mass is 16.5. The molecule has 0 fully saturated rings. The summed E-state index contributed by atoms with van der Waals surface area (Å²) in [5, 5.41) is 3.45. The van der Waals surface area contributed by atoms with Crippen LogP contribution < -0.4 is 14.8 Å². The van der Waals surface area contributed by atoms with Gasteiger partial charge in [0.15, 0.2) is 0 Å². The van der Waals surface area contributed by atoms with E-state index in [1.54, 1.807) is 0 Å². The molecule has 0 saturated heterocycles. The summed E-state index contributed by atoms with van der Waals surface area (Å²) in [6, 6.07) is 16.3. The van der Waals surface area contributed by atoms with Crippen LogP contribution in [0.15, 0.2) is 48.5 Å². The summed E-state index contributed by atoms with van der Waals surface area (Å²) in [6.45, 7) is 9.98. The summed E-state index contributed by atoms with van der Waals surface area (Å²) in [5.41, 5.74) is 2.24. The molecular formula is C21H29NO2. The van der Waals surface area contributed by atoms with Crippen molar-refractivity contribution in [2.45, 2.75) is 46.8 Å². The van der Waals surface area contributed by atoms with Crippen LogP contribution in [0.2, 0.25) is 0 Å². The highest BCUT2D eigenvalue weighted by molar-refractivity contribution is 5.48. The quantitative estimate of drug-likeness (QED) is 0.658. The first-order chi connectivity index (χ1) is 11.5. The van der Waals surface area contributed by atoms with Gasteiger partial charge >= 0.3 is 0 Å². The zero-order valence-electron chi connectivity index (χ0n) is 15.2. The normalized spacial score (nSPS) is 10.9. The molecule has 3 nitrogen and oxygen atoms in total. The summed E-state index contributed by atoms with van der Waals surface area (Å²) in [4.78, 5) is 0. The zero-order valence-corrected chi connectivity index (χ0v) is 15.2. The Balaban J connectivity index is 1.91. The van der Waals surface area contributed by atoms with Crippen molar-refractivity contribution < 1.29 is 9.47 Å². The molecule has 2 aromatic carbocycles. The van der Waals surface area contributed by atoms with Crippen molar-refractivity contribution in [1.29, 1.82) is 0 Å². The van der Waals surface area contributed by atoms with E-state index in [4.69, 9.17) is 9.47 Å². The molecule has 3 heteroatoms. The average molecular weight is 327 g/mol.